The van der Waals surface area contributed by atoms with Gasteiger partial charge in [-0.1, -0.05) is 0 Å². The van der Waals surface area contributed by atoms with Crippen molar-refractivity contribution < 1.29 is 95.9 Å². The summed E-state index contributed by atoms with van der Waals surface area (Å²) >= 11 is 0. The molecule has 1 radical (unpaired) electrons. The van der Waals surface area contributed by atoms with Crippen molar-refractivity contribution in [3.63, 3.8) is 0 Å². The van der Waals surface area contributed by atoms with Gasteiger partial charge in [0.05, 0.1) is 0 Å². The molecule has 6 nitrogen and oxygen atoms in total. The zero-order valence-corrected chi connectivity index (χ0v) is 8.61. The molecule has 0 aromatic carbocycles. The number of hydrogen-bond donors (Lipinski definition) is 0. The molecule has 0 saturated carbocycles. The summed E-state index contributed by atoms with van der Waals surface area (Å²) in [5, 5.41) is 50.5. The van der Waals surface area contributed by atoms with E-state index in [-0.39, 0.29) is 65.8 Å². The molecular formula is B2GdO6Sc. The van der Waals surface area contributed by atoms with Gasteiger partial charge in [0.1, 0.15) is 0 Å². The van der Waals surface area contributed by atoms with Crippen LogP contribution in [0.1, 0.15) is 0 Å². The first-order valence-electron chi connectivity index (χ1n) is 1.41. The number of rotatable bonds is 0. The van der Waals surface area contributed by atoms with Gasteiger partial charge in [0.25, 0.3) is 0 Å². The van der Waals surface area contributed by atoms with Crippen LogP contribution in [0.4, 0.5) is 0 Å². The van der Waals surface area contributed by atoms with Crippen molar-refractivity contribution in [1.82, 2.24) is 0 Å². The quantitative estimate of drug-likeness (QED) is 0.406. The van der Waals surface area contributed by atoms with Gasteiger partial charge in [-0.3, -0.25) is 14.6 Å². The third-order valence-corrected chi connectivity index (χ3v) is 0. The van der Waals surface area contributed by atoms with Crippen molar-refractivity contribution >= 4 is 14.6 Å². The maximum atomic E-state index is 8.42. The van der Waals surface area contributed by atoms with E-state index >= 15 is 0 Å². The molecule has 0 heterocycles. The molecule has 10 heavy (non-hydrogen) atoms. The van der Waals surface area contributed by atoms with E-state index in [9.17, 15) is 0 Å². The fraction of sp³-hybridized carbons (Fsp3) is 0. The van der Waals surface area contributed by atoms with Gasteiger partial charge >= 0.3 is 65.8 Å². The van der Waals surface area contributed by atoms with Crippen LogP contribution in [-0.2, 0) is 25.8 Å². The minimum atomic E-state index is -2.92. The Morgan fingerprint density at radius 2 is 0.600 bits per heavy atom. The average molecular weight is 320 g/mol. The van der Waals surface area contributed by atoms with E-state index in [4.69, 9.17) is 30.1 Å². The Morgan fingerprint density at radius 3 is 0.600 bits per heavy atom. The predicted octanol–water partition coefficient (Wildman–Crippen LogP) is -7.90. The molecule has 0 aliphatic carbocycles. The Hall–Kier alpha value is 2.08. The summed E-state index contributed by atoms with van der Waals surface area (Å²) < 4.78 is 0. The summed E-state index contributed by atoms with van der Waals surface area (Å²) in [5.74, 6) is 0. The van der Waals surface area contributed by atoms with Gasteiger partial charge in [-0.15, -0.1) is 0 Å². The Kier molecular flexibility index (Phi) is 39.2. The third kappa shape index (κ3) is 192. The van der Waals surface area contributed by atoms with Gasteiger partial charge in [-0.25, -0.2) is 0 Å². The topological polar surface area (TPSA) is 138 Å². The second kappa shape index (κ2) is 17.2. The molecule has 0 fully saturated rings. The molecule has 0 amide bonds. The second-order valence-electron chi connectivity index (χ2n) is 0.577. The summed E-state index contributed by atoms with van der Waals surface area (Å²) in [7, 11) is -5.83. The average Bonchev–Trinajstić information content (AvgIpc) is 1.25. The van der Waals surface area contributed by atoms with Crippen LogP contribution in [-0.4, -0.2) is 14.6 Å². The standard InChI is InChI=1S/2BO3.Gd.Sc/c2*2-1(3)4;;/q2*-3;2*+3. The minimum absolute atomic E-state index is 0. The molecule has 0 aromatic heterocycles. The van der Waals surface area contributed by atoms with Gasteiger partial charge in [-0.2, -0.15) is 0 Å². The molecule has 0 bridgehead atoms. The summed E-state index contributed by atoms with van der Waals surface area (Å²) in [6.07, 6.45) is 0. The van der Waals surface area contributed by atoms with E-state index in [0.29, 0.717) is 0 Å². The van der Waals surface area contributed by atoms with Crippen LogP contribution in [0.5, 0.6) is 0 Å². The molecule has 0 N–H and O–H groups in total. The van der Waals surface area contributed by atoms with E-state index in [2.05, 4.69) is 0 Å². The predicted molar refractivity (Wildman–Crippen MR) is 11.5 cm³/mol. The Balaban J connectivity index is -0.0000000300. The maximum absolute atomic E-state index is 8.42. The van der Waals surface area contributed by atoms with E-state index in [1.54, 1.807) is 0 Å². The van der Waals surface area contributed by atoms with Crippen LogP contribution in [0.15, 0.2) is 0 Å². The first-order valence-corrected chi connectivity index (χ1v) is 1.41. The second-order valence-corrected chi connectivity index (χ2v) is 0.577. The fourth-order valence-corrected chi connectivity index (χ4v) is 0. The van der Waals surface area contributed by atoms with Crippen molar-refractivity contribution in [3.05, 3.63) is 0 Å². The Labute approximate surface area is 109 Å². The van der Waals surface area contributed by atoms with Crippen molar-refractivity contribution in [3.8, 4) is 0 Å². The molecule has 10 heteroatoms. The van der Waals surface area contributed by atoms with E-state index in [1.807, 2.05) is 0 Å². The van der Waals surface area contributed by atoms with Crippen molar-refractivity contribution in [2.24, 2.45) is 0 Å². The monoisotopic (exact) mass is 321 g/mol. The van der Waals surface area contributed by atoms with Crippen molar-refractivity contribution in [2.45, 2.75) is 0 Å². The van der Waals surface area contributed by atoms with Crippen molar-refractivity contribution in [1.29, 1.82) is 0 Å². The maximum Gasteiger partial charge on any atom is 3.00 e. The molecule has 0 saturated heterocycles. The zero-order valence-electron chi connectivity index (χ0n) is 4.54. The summed E-state index contributed by atoms with van der Waals surface area (Å²) in [6.45, 7) is 0. The van der Waals surface area contributed by atoms with E-state index in [0.717, 1.165) is 0 Å². The van der Waals surface area contributed by atoms with Crippen molar-refractivity contribution in [2.75, 3.05) is 0 Å². The number of hydrogen-bond acceptors (Lipinski definition) is 6. The first kappa shape index (κ1) is 22.7. The van der Waals surface area contributed by atoms with Crippen LogP contribution in [0, 0.1) is 39.9 Å². The first-order chi connectivity index (χ1) is 3.46. The van der Waals surface area contributed by atoms with Crippen LogP contribution >= 0.6 is 0 Å². The normalized spacial score (nSPS) is 5.40. The van der Waals surface area contributed by atoms with Gasteiger partial charge < -0.3 is 30.1 Å². The van der Waals surface area contributed by atoms with E-state index in [1.165, 1.54) is 0 Å². The molecule has 0 unspecified atom stereocenters. The summed E-state index contributed by atoms with van der Waals surface area (Å²) in [5.41, 5.74) is 0. The molecule has 53 valence electrons. The summed E-state index contributed by atoms with van der Waals surface area (Å²) in [4.78, 5) is 0. The largest absolute Gasteiger partial charge is 3.00 e. The molecular weight excluding hydrogens is 320 g/mol. The molecule has 0 aliphatic heterocycles. The van der Waals surface area contributed by atoms with E-state index < -0.39 is 14.6 Å². The van der Waals surface area contributed by atoms with Gasteiger partial charge in [0.15, 0.2) is 0 Å². The van der Waals surface area contributed by atoms with Gasteiger partial charge in [-0.05, 0) is 0 Å². The third-order valence-electron chi connectivity index (χ3n) is 0. The molecule has 0 rings (SSSR count). The fourth-order valence-electron chi connectivity index (χ4n) is 0. The smallest absolute Gasteiger partial charge is 0.907 e. The summed E-state index contributed by atoms with van der Waals surface area (Å²) in [6, 6.07) is 0. The van der Waals surface area contributed by atoms with Crippen LogP contribution in [0.25, 0.3) is 0 Å². The van der Waals surface area contributed by atoms with Gasteiger partial charge in [0, 0.05) is 0 Å². The Bertz CT molecular complexity index is 31.2. The minimum Gasteiger partial charge on any atom is -0.907 e. The molecule has 0 spiro atoms. The van der Waals surface area contributed by atoms with Crippen LogP contribution in [0.2, 0.25) is 0 Å². The van der Waals surface area contributed by atoms with Gasteiger partial charge in [0.2, 0.25) is 0 Å². The SMILES string of the molecule is [Gd+3].[O-]B([O-])[O-].[O-]B([O-])[O-].[Sc+3]. The molecule has 0 aliphatic rings. The Morgan fingerprint density at radius 1 is 0.600 bits per heavy atom. The zero-order chi connectivity index (χ0) is 7.15. The molecule has 0 atom stereocenters. The molecule has 0 aromatic rings. The van der Waals surface area contributed by atoms with Crippen LogP contribution < -0.4 is 30.1 Å². The van der Waals surface area contributed by atoms with Crippen LogP contribution in [0.3, 0.4) is 0 Å².